The van der Waals surface area contributed by atoms with E-state index < -0.39 is 12.2 Å². The number of carbonyl (C=O) groups excluding carboxylic acids is 2. The number of amides is 1. The summed E-state index contributed by atoms with van der Waals surface area (Å²) >= 11 is 0. The molecule has 4 heteroatoms. The molecule has 0 spiro atoms. The van der Waals surface area contributed by atoms with Crippen LogP contribution in [0.4, 0.5) is 4.79 Å². The van der Waals surface area contributed by atoms with E-state index >= 15 is 0 Å². The molecule has 4 nitrogen and oxygen atoms in total. The number of rotatable bonds is 4. The second-order valence-electron chi connectivity index (χ2n) is 5.14. The van der Waals surface area contributed by atoms with Crippen molar-refractivity contribution in [2.45, 2.75) is 38.8 Å². The standard InChI is InChI=1S/C14H19NO3/c1-14(2,3)15-13(17)18-12(10-16)9-11-7-5-4-6-8-11/h4-8,10,12H,9H2,1-3H3,(H,15,17). The van der Waals surface area contributed by atoms with Crippen molar-refractivity contribution in [1.82, 2.24) is 5.32 Å². The fraction of sp³-hybridized carbons (Fsp3) is 0.429. The van der Waals surface area contributed by atoms with Gasteiger partial charge in [0.2, 0.25) is 0 Å². The first-order valence-electron chi connectivity index (χ1n) is 5.89. The summed E-state index contributed by atoms with van der Waals surface area (Å²) < 4.78 is 5.06. The second-order valence-corrected chi connectivity index (χ2v) is 5.14. The largest absolute Gasteiger partial charge is 0.438 e. The van der Waals surface area contributed by atoms with Crippen molar-refractivity contribution < 1.29 is 14.3 Å². The van der Waals surface area contributed by atoms with E-state index in [0.29, 0.717) is 12.7 Å². The maximum Gasteiger partial charge on any atom is 0.408 e. The highest BCUT2D eigenvalue weighted by Crippen LogP contribution is 2.06. The van der Waals surface area contributed by atoms with Crippen LogP contribution in [0, 0.1) is 0 Å². The molecule has 0 bridgehead atoms. The summed E-state index contributed by atoms with van der Waals surface area (Å²) in [6, 6.07) is 9.44. The fourth-order valence-corrected chi connectivity index (χ4v) is 1.44. The molecule has 1 unspecified atom stereocenters. The van der Waals surface area contributed by atoms with Gasteiger partial charge >= 0.3 is 6.09 Å². The third-order valence-electron chi connectivity index (χ3n) is 2.17. The fourth-order valence-electron chi connectivity index (χ4n) is 1.44. The highest BCUT2D eigenvalue weighted by Gasteiger charge is 2.19. The van der Waals surface area contributed by atoms with Crippen LogP contribution in [0.15, 0.2) is 30.3 Å². The van der Waals surface area contributed by atoms with E-state index in [9.17, 15) is 9.59 Å². The minimum atomic E-state index is -0.755. The normalized spacial score (nSPS) is 12.6. The van der Waals surface area contributed by atoms with E-state index in [1.54, 1.807) is 0 Å². The lowest BCUT2D eigenvalue weighted by Crippen LogP contribution is -2.42. The number of alkyl carbamates (subject to hydrolysis) is 1. The third kappa shape index (κ3) is 5.48. The zero-order valence-corrected chi connectivity index (χ0v) is 11.0. The molecule has 0 aliphatic rings. The highest BCUT2D eigenvalue weighted by atomic mass is 16.6. The Kier molecular flexibility index (Phi) is 4.89. The SMILES string of the molecule is CC(C)(C)NC(=O)OC(C=O)Cc1ccccc1. The Labute approximate surface area is 107 Å². The average Bonchev–Trinajstić information content (AvgIpc) is 2.27. The average molecular weight is 249 g/mol. The summed E-state index contributed by atoms with van der Waals surface area (Å²) in [5.41, 5.74) is 0.579. The Morgan fingerprint density at radius 1 is 1.33 bits per heavy atom. The Hall–Kier alpha value is -1.84. The number of nitrogens with one attached hydrogen (secondary N) is 1. The van der Waals surface area contributed by atoms with Gasteiger partial charge in [0.05, 0.1) is 0 Å². The minimum absolute atomic E-state index is 0.378. The molecule has 0 radical (unpaired) electrons. The van der Waals surface area contributed by atoms with Gasteiger partial charge in [-0.2, -0.15) is 0 Å². The van der Waals surface area contributed by atoms with Crippen molar-refractivity contribution in [3.8, 4) is 0 Å². The Morgan fingerprint density at radius 2 is 1.94 bits per heavy atom. The maximum absolute atomic E-state index is 11.5. The second kappa shape index (κ2) is 6.19. The molecule has 0 aliphatic carbocycles. The van der Waals surface area contributed by atoms with Crippen LogP contribution in [0.2, 0.25) is 0 Å². The number of ether oxygens (including phenoxy) is 1. The summed E-state index contributed by atoms with van der Waals surface area (Å²) in [6.07, 6.45) is -0.290. The molecule has 1 atom stereocenters. The van der Waals surface area contributed by atoms with Gasteiger partial charge in [-0.15, -0.1) is 0 Å². The van der Waals surface area contributed by atoms with Gasteiger partial charge < -0.3 is 10.1 Å². The van der Waals surface area contributed by atoms with Crippen LogP contribution in [0.25, 0.3) is 0 Å². The highest BCUT2D eigenvalue weighted by molar-refractivity contribution is 5.71. The zero-order chi connectivity index (χ0) is 13.6. The van der Waals surface area contributed by atoms with Gasteiger partial charge in [-0.3, -0.25) is 4.79 Å². The zero-order valence-electron chi connectivity index (χ0n) is 11.0. The molecule has 1 aromatic carbocycles. The number of hydrogen-bond acceptors (Lipinski definition) is 3. The minimum Gasteiger partial charge on any atom is -0.438 e. The Bertz CT molecular complexity index is 395. The quantitative estimate of drug-likeness (QED) is 0.833. The van der Waals surface area contributed by atoms with Gasteiger partial charge in [0, 0.05) is 12.0 Å². The van der Waals surface area contributed by atoms with Crippen molar-refractivity contribution in [3.63, 3.8) is 0 Å². The molecule has 1 rings (SSSR count). The van der Waals surface area contributed by atoms with E-state index in [2.05, 4.69) is 5.32 Å². The number of benzene rings is 1. The Balaban J connectivity index is 2.53. The van der Waals surface area contributed by atoms with Crippen molar-refractivity contribution in [2.75, 3.05) is 0 Å². The molecule has 0 saturated heterocycles. The first kappa shape index (κ1) is 14.2. The van der Waals surface area contributed by atoms with E-state index in [1.807, 2.05) is 51.1 Å². The van der Waals surface area contributed by atoms with E-state index in [4.69, 9.17) is 4.74 Å². The summed E-state index contributed by atoms with van der Waals surface area (Å²) in [5.74, 6) is 0. The van der Waals surface area contributed by atoms with Gasteiger partial charge in [0.25, 0.3) is 0 Å². The number of carbonyl (C=O) groups is 2. The van der Waals surface area contributed by atoms with Crippen LogP contribution >= 0.6 is 0 Å². The van der Waals surface area contributed by atoms with Gasteiger partial charge in [0.15, 0.2) is 12.4 Å². The lowest BCUT2D eigenvalue weighted by molar-refractivity contribution is -0.115. The van der Waals surface area contributed by atoms with Gasteiger partial charge in [-0.1, -0.05) is 30.3 Å². The molecule has 1 amide bonds. The van der Waals surface area contributed by atoms with Gasteiger partial charge in [-0.05, 0) is 26.3 Å². The smallest absolute Gasteiger partial charge is 0.408 e. The van der Waals surface area contributed by atoms with E-state index in [1.165, 1.54) is 0 Å². The predicted molar refractivity (Wildman–Crippen MR) is 69.4 cm³/mol. The summed E-state index contributed by atoms with van der Waals surface area (Å²) in [4.78, 5) is 22.4. The summed E-state index contributed by atoms with van der Waals surface area (Å²) in [5, 5.41) is 2.65. The summed E-state index contributed by atoms with van der Waals surface area (Å²) in [6.45, 7) is 5.55. The first-order valence-corrected chi connectivity index (χ1v) is 5.89. The molecule has 98 valence electrons. The monoisotopic (exact) mass is 249 g/mol. The molecular formula is C14H19NO3. The van der Waals surface area contributed by atoms with Crippen LogP contribution in [-0.2, 0) is 16.0 Å². The molecule has 0 heterocycles. The topological polar surface area (TPSA) is 55.4 Å². The van der Waals surface area contributed by atoms with Crippen LogP contribution in [0.3, 0.4) is 0 Å². The first-order chi connectivity index (χ1) is 8.40. The maximum atomic E-state index is 11.5. The van der Waals surface area contributed by atoms with Crippen molar-refractivity contribution in [2.24, 2.45) is 0 Å². The molecule has 1 aromatic rings. The molecule has 1 N–H and O–H groups in total. The van der Waals surface area contributed by atoms with Crippen LogP contribution in [0.1, 0.15) is 26.3 Å². The third-order valence-corrected chi connectivity index (χ3v) is 2.17. The lowest BCUT2D eigenvalue weighted by atomic mass is 10.1. The van der Waals surface area contributed by atoms with Crippen molar-refractivity contribution in [3.05, 3.63) is 35.9 Å². The number of hydrogen-bond donors (Lipinski definition) is 1. The molecular weight excluding hydrogens is 230 g/mol. The molecule has 0 fully saturated rings. The van der Waals surface area contributed by atoms with Gasteiger partial charge in [-0.25, -0.2) is 4.79 Å². The van der Waals surface area contributed by atoms with Gasteiger partial charge in [0.1, 0.15) is 0 Å². The predicted octanol–water partition coefficient (Wildman–Crippen LogP) is 2.32. The van der Waals surface area contributed by atoms with Crippen LogP contribution < -0.4 is 5.32 Å². The molecule has 0 aromatic heterocycles. The van der Waals surface area contributed by atoms with Crippen LogP contribution in [-0.4, -0.2) is 24.0 Å². The van der Waals surface area contributed by atoms with E-state index in [0.717, 1.165) is 5.56 Å². The summed E-state index contributed by atoms with van der Waals surface area (Å²) in [7, 11) is 0. The molecule has 18 heavy (non-hydrogen) atoms. The van der Waals surface area contributed by atoms with E-state index in [-0.39, 0.29) is 5.54 Å². The van der Waals surface area contributed by atoms with Crippen molar-refractivity contribution >= 4 is 12.4 Å². The van der Waals surface area contributed by atoms with Crippen LogP contribution in [0.5, 0.6) is 0 Å². The lowest BCUT2D eigenvalue weighted by Gasteiger charge is -2.21. The van der Waals surface area contributed by atoms with Crippen molar-refractivity contribution in [1.29, 1.82) is 0 Å². The molecule has 0 aliphatic heterocycles. The number of aldehydes is 1. The molecule has 0 saturated carbocycles. The Morgan fingerprint density at radius 3 is 2.44 bits per heavy atom.